The van der Waals surface area contributed by atoms with Crippen molar-refractivity contribution in [2.75, 3.05) is 44.9 Å². The monoisotopic (exact) mass is 1130 g/mol. The number of nitrogens with one attached hydrogen (secondary N) is 3. The number of fused-ring (bicyclic) bond motifs is 4. The fourth-order valence-corrected chi connectivity index (χ4v) is 11.3. The molecule has 5 N–H and O–H groups in total. The number of carbonyl (C=O) groups excluding carboxylic acids is 2. The van der Waals surface area contributed by atoms with Crippen molar-refractivity contribution in [3.63, 3.8) is 0 Å². The lowest BCUT2D eigenvalue weighted by molar-refractivity contribution is -0.142. The quantitative estimate of drug-likeness (QED) is 0.0515. The number of β-amino-alcohol motifs (C(OH)–C–C–N with tert-alkyl or cyclic N) is 1. The van der Waals surface area contributed by atoms with E-state index in [0.29, 0.717) is 35.5 Å². The summed E-state index contributed by atoms with van der Waals surface area (Å²) in [5.74, 6) is -2.50. The van der Waals surface area contributed by atoms with Crippen molar-refractivity contribution < 1.29 is 51.6 Å². The molecular formula is C57H57ClF4N12O7. The highest BCUT2D eigenvalue weighted by Gasteiger charge is 2.45. The molecule has 0 unspecified atom stereocenters. The van der Waals surface area contributed by atoms with Gasteiger partial charge in [-0.2, -0.15) is 28.2 Å². The number of nitrogens with zero attached hydrogens (tertiary/aromatic N) is 9. The maximum atomic E-state index is 15.8. The maximum absolute atomic E-state index is 15.8. The molecule has 0 saturated carbocycles. The molecule has 3 saturated heterocycles. The van der Waals surface area contributed by atoms with Crippen LogP contribution in [0.3, 0.4) is 0 Å². The molecule has 4 aromatic heterocycles. The highest BCUT2D eigenvalue weighted by atomic mass is 35.5. The summed E-state index contributed by atoms with van der Waals surface area (Å²) >= 11 is 6.69. The van der Waals surface area contributed by atoms with Gasteiger partial charge in [-0.1, -0.05) is 85.3 Å². The lowest BCUT2D eigenvalue weighted by Gasteiger charge is -2.30. The number of aliphatic hydroxyl groups is 2. The zero-order valence-electron chi connectivity index (χ0n) is 44.4. The average molecular weight is 1130 g/mol. The summed E-state index contributed by atoms with van der Waals surface area (Å²) in [5, 5.41) is 42.5. The molecule has 19 nitrogen and oxygen atoms in total. The summed E-state index contributed by atoms with van der Waals surface area (Å²) in [5.41, 5.74) is 1.91. The number of hydrogen-bond donors (Lipinski definition) is 5. The smallest absolute Gasteiger partial charge is 0.417 e. The van der Waals surface area contributed by atoms with Crippen molar-refractivity contribution in [2.45, 2.75) is 88.8 Å². The normalized spacial score (nSPS) is 19.2. The van der Waals surface area contributed by atoms with Crippen LogP contribution in [0.4, 0.5) is 23.4 Å². The minimum Gasteiger partial charge on any atom is -0.486 e. The number of hydrogen-bond acceptors (Lipinski definition) is 15. The number of pyridine rings is 1. The Hall–Kier alpha value is -7.83. The number of methoxy groups -OCH3 is 1. The molecule has 0 aliphatic carbocycles. The van der Waals surface area contributed by atoms with Crippen molar-refractivity contribution in [1.82, 2.24) is 55.7 Å². The van der Waals surface area contributed by atoms with Gasteiger partial charge in [0.15, 0.2) is 5.75 Å². The molecule has 2 amide bonds. The molecule has 81 heavy (non-hydrogen) atoms. The molecule has 24 heteroatoms. The number of halogens is 5. The fraction of sp³-hybridized carbons (Fsp3) is 0.368. The summed E-state index contributed by atoms with van der Waals surface area (Å²) in [6.45, 7) is 5.65. The zero-order valence-corrected chi connectivity index (χ0v) is 45.1. The van der Waals surface area contributed by atoms with Crippen LogP contribution in [0.1, 0.15) is 62.4 Å². The molecular weight excluding hydrogens is 1080 g/mol. The molecule has 0 spiro atoms. The van der Waals surface area contributed by atoms with Gasteiger partial charge >= 0.3 is 12.2 Å². The summed E-state index contributed by atoms with van der Waals surface area (Å²) < 4.78 is 82.6. The Morgan fingerprint density at radius 3 is 2.40 bits per heavy atom. The second-order valence-corrected chi connectivity index (χ2v) is 21.4. The summed E-state index contributed by atoms with van der Waals surface area (Å²) in [7, 11) is 1.51. The number of aliphatic hydroxyl groups excluding tert-OH is 2. The number of carbonyl (C=O) groups is 2. The van der Waals surface area contributed by atoms with Gasteiger partial charge in [0.05, 0.1) is 53.4 Å². The largest absolute Gasteiger partial charge is 0.486 e. The van der Waals surface area contributed by atoms with Crippen LogP contribution in [-0.2, 0) is 27.1 Å². The maximum Gasteiger partial charge on any atom is 0.417 e. The van der Waals surface area contributed by atoms with Gasteiger partial charge in [0, 0.05) is 91.2 Å². The van der Waals surface area contributed by atoms with Gasteiger partial charge in [0.1, 0.15) is 48.1 Å². The van der Waals surface area contributed by atoms with E-state index in [1.54, 1.807) is 61.9 Å². The Labute approximate surface area is 466 Å². The van der Waals surface area contributed by atoms with Gasteiger partial charge in [0.2, 0.25) is 11.8 Å². The van der Waals surface area contributed by atoms with Crippen molar-refractivity contribution in [2.24, 2.45) is 5.92 Å². The van der Waals surface area contributed by atoms with E-state index in [1.807, 2.05) is 43.0 Å². The van der Waals surface area contributed by atoms with Gasteiger partial charge in [-0.25, -0.2) is 9.07 Å². The Kier molecular flexibility index (Phi) is 15.4. The Morgan fingerprint density at radius 1 is 0.938 bits per heavy atom. The molecule has 2 bridgehead atoms. The van der Waals surface area contributed by atoms with Crippen molar-refractivity contribution in [1.29, 1.82) is 0 Å². The highest BCUT2D eigenvalue weighted by molar-refractivity contribution is 6.35. The van der Waals surface area contributed by atoms with Crippen LogP contribution in [0.5, 0.6) is 11.8 Å². The van der Waals surface area contributed by atoms with Crippen LogP contribution >= 0.6 is 11.6 Å². The molecule has 3 aliphatic rings. The van der Waals surface area contributed by atoms with Crippen molar-refractivity contribution >= 4 is 51.0 Å². The summed E-state index contributed by atoms with van der Waals surface area (Å²) in [6.07, 6.45) is 0.585. The number of alkyl halides is 3. The highest BCUT2D eigenvalue weighted by Crippen LogP contribution is 2.52. The van der Waals surface area contributed by atoms with Crippen LogP contribution < -0.4 is 25.0 Å². The van der Waals surface area contributed by atoms with Gasteiger partial charge in [-0.05, 0) is 53.6 Å². The third-order valence-corrected chi connectivity index (χ3v) is 15.6. The molecule has 3 aliphatic heterocycles. The SMILES string of the molecule is CO[C@@H](C)COc1nc(N2C[C@@H]3C[C@H]2CN3)c2cc(C(F)(F)F)c(-c3c(Cl)c(F)cc4[nH]ncc34)c(OCc3ccc(-c4cn([C@H](C(=O)N5C[C@H](O)C[C@H]5C(=O)N[C@@H](CO)c5ccc(-c6cccnc6)cc5)C(C)C)nn4)cc3)c2n1. The molecule has 4 aromatic carbocycles. The van der Waals surface area contributed by atoms with Crippen LogP contribution in [0, 0.1) is 11.7 Å². The predicted molar refractivity (Wildman–Crippen MR) is 292 cm³/mol. The fourth-order valence-electron chi connectivity index (χ4n) is 11.0. The van der Waals surface area contributed by atoms with E-state index in [1.165, 1.54) is 22.9 Å². The van der Waals surface area contributed by atoms with E-state index in [0.717, 1.165) is 29.7 Å². The summed E-state index contributed by atoms with van der Waals surface area (Å²) in [4.78, 5) is 45.4. The first-order chi connectivity index (χ1) is 39.0. The van der Waals surface area contributed by atoms with E-state index >= 15 is 17.6 Å². The third-order valence-electron chi connectivity index (χ3n) is 15.3. The Morgan fingerprint density at radius 2 is 1.72 bits per heavy atom. The van der Waals surface area contributed by atoms with E-state index in [2.05, 4.69) is 36.1 Å². The number of H-pyrrole nitrogens is 1. The molecule has 11 rings (SSSR count). The van der Waals surface area contributed by atoms with Gasteiger partial charge < -0.3 is 44.9 Å². The number of rotatable bonds is 18. The van der Waals surface area contributed by atoms with E-state index in [-0.39, 0.29) is 89.1 Å². The Bertz CT molecular complexity index is 3610. The summed E-state index contributed by atoms with van der Waals surface area (Å²) in [6, 6.07) is 17.0. The first-order valence-electron chi connectivity index (χ1n) is 26.4. The Balaban J connectivity index is 0.882. The van der Waals surface area contributed by atoms with Crippen LogP contribution in [0.2, 0.25) is 5.02 Å². The van der Waals surface area contributed by atoms with Gasteiger partial charge in [0.25, 0.3) is 0 Å². The van der Waals surface area contributed by atoms with Crippen LogP contribution in [-0.4, -0.2) is 137 Å². The number of anilines is 1. The predicted octanol–water partition coefficient (Wildman–Crippen LogP) is 7.86. The van der Waals surface area contributed by atoms with E-state index in [4.69, 9.17) is 35.8 Å². The third kappa shape index (κ3) is 10.9. The lowest BCUT2D eigenvalue weighted by atomic mass is 9.93. The molecule has 3 fully saturated rings. The average Bonchev–Trinajstić information content (AvgIpc) is 3.76. The van der Waals surface area contributed by atoms with Gasteiger partial charge in [-0.15, -0.1) is 5.10 Å². The number of ether oxygens (including phenoxy) is 3. The second kappa shape index (κ2) is 22.6. The second-order valence-electron chi connectivity index (χ2n) is 21.0. The van der Waals surface area contributed by atoms with Crippen LogP contribution in [0.25, 0.3) is 55.3 Å². The number of aromatic nitrogens is 8. The van der Waals surface area contributed by atoms with E-state index in [9.17, 15) is 19.8 Å². The number of likely N-dealkylation sites (tertiary alicyclic amines) is 1. The number of piperazine rings is 1. The molecule has 0 radical (unpaired) electrons. The number of aromatic amines is 1. The van der Waals surface area contributed by atoms with Crippen molar-refractivity contribution in [3.8, 4) is 45.3 Å². The van der Waals surface area contributed by atoms with Gasteiger partial charge in [-0.3, -0.25) is 19.7 Å². The van der Waals surface area contributed by atoms with Crippen LogP contribution in [0.15, 0.2) is 97.6 Å². The standard InChI is InChI=1S/C57H57ClF4N12O7/c1-29(2)51(55(78)73-24-38(76)17-46(73)54(77)66-45(26-75)34-13-11-32(12-14-34)35-6-5-15-63-20-35)74-25-44(70-71-74)33-9-7-31(8-10-33)28-80-52-48(47-40-22-65-69-43(40)19-42(59)49(47)58)41(57(60,61)62)18-39-50(52)67-56(81-27-30(3)79-4)68-53(39)72-23-36-16-37(72)21-64-36/h5-15,18-20,22,25,29-30,36-38,45-46,51,64,75-76H,16-17,21,23-24,26-28H2,1-4H3,(H,65,69)(H,66,77)/t30-,36-,37-,38+,45-,46-,51-/m0/s1. The first kappa shape index (κ1) is 55.1. The topological polar surface area (TPSA) is 231 Å². The minimum atomic E-state index is -5.04. The molecule has 422 valence electrons. The molecule has 8 aromatic rings. The van der Waals surface area contributed by atoms with Crippen molar-refractivity contribution in [3.05, 3.63) is 125 Å². The number of amides is 2. The zero-order chi connectivity index (χ0) is 56.9. The first-order valence-corrected chi connectivity index (χ1v) is 26.8. The number of benzene rings is 4. The molecule has 7 heterocycles. The lowest BCUT2D eigenvalue weighted by Crippen LogP contribution is -2.50. The minimum absolute atomic E-state index is 0.0124. The molecule has 7 atom stereocenters. The van der Waals surface area contributed by atoms with E-state index < -0.39 is 76.9 Å².